The molecule has 1 saturated carbocycles. The van der Waals surface area contributed by atoms with Gasteiger partial charge in [-0.2, -0.15) is 0 Å². The Morgan fingerprint density at radius 2 is 1.81 bits per heavy atom. The van der Waals surface area contributed by atoms with E-state index < -0.39 is 19.0 Å². The topological polar surface area (TPSA) is 119 Å². The minimum atomic E-state index is -1.66. The highest BCUT2D eigenvalue weighted by atomic mass is 16.5. The zero-order valence-corrected chi connectivity index (χ0v) is 21.2. The number of phenolic OH excluding ortho intramolecular Hbond substituents is 1. The van der Waals surface area contributed by atoms with E-state index in [9.17, 15) is 24.7 Å². The number of nitrogens with zero attached hydrogens (tertiary/aromatic N) is 1. The standard InChI is InChI=1S/C28H37BN2O6/c32-25-10-9-22(17-24(25)19-31-11-13-37-14-12-31)26(33)18-23(15-20-5-2-1-3-6-20)28(34)30-27(29(35)36)16-21-7-4-8-21/h1-3,5-6,9-10,17,21,23,27,32,35-36H,4,7-8,11-16,18-19H2,(H,30,34)/t23-,27+/m1/s1. The van der Waals surface area contributed by atoms with Gasteiger partial charge in [-0.05, 0) is 42.5 Å². The molecule has 1 aliphatic carbocycles. The molecule has 0 bridgehead atoms. The molecular formula is C28H37BN2O6. The van der Waals surface area contributed by atoms with Gasteiger partial charge in [0.05, 0.1) is 19.2 Å². The highest BCUT2D eigenvalue weighted by molar-refractivity contribution is 6.43. The number of amides is 1. The highest BCUT2D eigenvalue weighted by Crippen LogP contribution is 2.31. The van der Waals surface area contributed by atoms with Crippen molar-refractivity contribution in [2.45, 2.75) is 51.0 Å². The number of Topliss-reactive ketones (excluding diaryl/α,β-unsaturated/α-hetero) is 1. The van der Waals surface area contributed by atoms with Crippen LogP contribution in [0, 0.1) is 11.8 Å². The predicted octanol–water partition coefficient (Wildman–Crippen LogP) is 2.34. The van der Waals surface area contributed by atoms with Crippen molar-refractivity contribution in [3.63, 3.8) is 0 Å². The van der Waals surface area contributed by atoms with E-state index in [1.165, 1.54) is 6.07 Å². The summed E-state index contributed by atoms with van der Waals surface area (Å²) in [6.07, 6.45) is 4.02. The molecule has 1 aliphatic heterocycles. The summed E-state index contributed by atoms with van der Waals surface area (Å²) in [6.45, 7) is 3.31. The minimum Gasteiger partial charge on any atom is -0.508 e. The first-order valence-corrected chi connectivity index (χ1v) is 13.2. The lowest BCUT2D eigenvalue weighted by atomic mass is 9.69. The number of phenols is 1. The number of ether oxygens (including phenoxy) is 1. The summed E-state index contributed by atoms with van der Waals surface area (Å²) in [5.74, 6) is -1.48. The average Bonchev–Trinajstić information content (AvgIpc) is 2.87. The Bertz CT molecular complexity index is 1040. The van der Waals surface area contributed by atoms with E-state index in [2.05, 4.69) is 10.2 Å². The van der Waals surface area contributed by atoms with Crippen LogP contribution in [0.1, 0.15) is 53.6 Å². The van der Waals surface area contributed by atoms with Gasteiger partial charge in [-0.1, -0.05) is 49.6 Å². The van der Waals surface area contributed by atoms with Crippen LogP contribution in [0.2, 0.25) is 0 Å². The quantitative estimate of drug-likeness (QED) is 0.257. The summed E-state index contributed by atoms with van der Waals surface area (Å²) in [6, 6.07) is 14.3. The molecule has 0 aromatic heterocycles. The summed E-state index contributed by atoms with van der Waals surface area (Å²) >= 11 is 0. The van der Waals surface area contributed by atoms with Gasteiger partial charge in [-0.15, -0.1) is 0 Å². The zero-order chi connectivity index (χ0) is 26.2. The number of nitrogens with one attached hydrogen (secondary N) is 1. The Morgan fingerprint density at radius 3 is 2.46 bits per heavy atom. The third kappa shape index (κ3) is 7.88. The van der Waals surface area contributed by atoms with Crippen LogP contribution in [-0.4, -0.2) is 71.1 Å². The second-order valence-electron chi connectivity index (χ2n) is 10.3. The zero-order valence-electron chi connectivity index (χ0n) is 21.2. The van der Waals surface area contributed by atoms with Crippen molar-refractivity contribution >= 4 is 18.8 Å². The molecule has 1 amide bonds. The molecule has 2 aromatic rings. The SMILES string of the molecule is O=C(C[C@@H](Cc1ccccc1)C(=O)N[C@@H](CC1CCC1)B(O)O)c1ccc(O)c(CN2CCOCC2)c1. The number of morpholine rings is 1. The Kier molecular flexibility index (Phi) is 9.74. The number of benzene rings is 2. The lowest BCUT2D eigenvalue weighted by molar-refractivity contribution is -0.125. The fourth-order valence-corrected chi connectivity index (χ4v) is 5.03. The summed E-state index contributed by atoms with van der Waals surface area (Å²) in [4.78, 5) is 28.9. The van der Waals surface area contributed by atoms with Crippen molar-refractivity contribution in [3.8, 4) is 5.75 Å². The van der Waals surface area contributed by atoms with Crippen LogP contribution in [0.25, 0.3) is 0 Å². The van der Waals surface area contributed by atoms with Gasteiger partial charge in [0, 0.05) is 43.1 Å². The fourth-order valence-electron chi connectivity index (χ4n) is 5.03. The van der Waals surface area contributed by atoms with Crippen molar-refractivity contribution in [2.24, 2.45) is 11.8 Å². The highest BCUT2D eigenvalue weighted by Gasteiger charge is 2.33. The van der Waals surface area contributed by atoms with E-state index in [1.807, 2.05) is 30.3 Å². The summed E-state index contributed by atoms with van der Waals surface area (Å²) < 4.78 is 5.39. The van der Waals surface area contributed by atoms with Gasteiger partial charge in [0.2, 0.25) is 5.91 Å². The normalized spacial score (nSPS) is 18.0. The maximum atomic E-state index is 13.4. The van der Waals surface area contributed by atoms with E-state index in [1.54, 1.807) is 12.1 Å². The molecule has 4 rings (SSSR count). The van der Waals surface area contributed by atoms with Crippen molar-refractivity contribution in [1.29, 1.82) is 0 Å². The van der Waals surface area contributed by atoms with Gasteiger partial charge in [-0.3, -0.25) is 14.5 Å². The van der Waals surface area contributed by atoms with Crippen molar-refractivity contribution in [2.75, 3.05) is 26.3 Å². The van der Waals surface area contributed by atoms with Crippen LogP contribution >= 0.6 is 0 Å². The first-order valence-electron chi connectivity index (χ1n) is 13.2. The molecule has 198 valence electrons. The molecular weight excluding hydrogens is 471 g/mol. The average molecular weight is 508 g/mol. The van der Waals surface area contributed by atoms with Gasteiger partial charge in [0.1, 0.15) is 5.75 Å². The van der Waals surface area contributed by atoms with Crippen LogP contribution in [0.3, 0.4) is 0 Å². The van der Waals surface area contributed by atoms with Crippen molar-refractivity contribution in [1.82, 2.24) is 10.2 Å². The fraction of sp³-hybridized carbons (Fsp3) is 0.500. The Balaban J connectivity index is 1.47. The summed E-state index contributed by atoms with van der Waals surface area (Å²) in [5, 5.41) is 33.0. The van der Waals surface area contributed by atoms with Gasteiger partial charge in [0.15, 0.2) is 5.78 Å². The largest absolute Gasteiger partial charge is 0.508 e. The second kappa shape index (κ2) is 13.2. The van der Waals surface area contributed by atoms with Crippen LogP contribution in [0.5, 0.6) is 5.75 Å². The molecule has 0 spiro atoms. The number of hydrogen-bond acceptors (Lipinski definition) is 7. The van der Waals surface area contributed by atoms with E-state index in [0.29, 0.717) is 49.6 Å². The molecule has 4 N–H and O–H groups in total. The second-order valence-corrected chi connectivity index (χ2v) is 10.3. The molecule has 0 unspecified atom stereocenters. The molecule has 8 nitrogen and oxygen atoms in total. The van der Waals surface area contributed by atoms with Crippen LogP contribution in [0.4, 0.5) is 0 Å². The predicted molar refractivity (Wildman–Crippen MR) is 141 cm³/mol. The monoisotopic (exact) mass is 508 g/mol. The molecule has 37 heavy (non-hydrogen) atoms. The van der Waals surface area contributed by atoms with Gasteiger partial charge >= 0.3 is 7.12 Å². The molecule has 9 heteroatoms. The van der Waals surface area contributed by atoms with Crippen LogP contribution in [-0.2, 0) is 22.5 Å². The number of carbonyl (C=O) groups is 2. The molecule has 0 radical (unpaired) electrons. The van der Waals surface area contributed by atoms with E-state index in [-0.39, 0.29) is 23.9 Å². The molecule has 2 aliphatic rings. The van der Waals surface area contributed by atoms with E-state index in [0.717, 1.165) is 37.9 Å². The smallest absolute Gasteiger partial charge is 0.475 e. The number of carbonyl (C=O) groups excluding carboxylic acids is 2. The Hall–Kier alpha value is -2.72. The third-order valence-corrected chi connectivity index (χ3v) is 7.53. The maximum absolute atomic E-state index is 13.4. The number of hydrogen-bond donors (Lipinski definition) is 4. The van der Waals surface area contributed by atoms with Gasteiger partial charge in [0.25, 0.3) is 0 Å². The first-order chi connectivity index (χ1) is 17.9. The van der Waals surface area contributed by atoms with Crippen molar-refractivity contribution in [3.05, 3.63) is 65.2 Å². The molecule has 2 fully saturated rings. The Morgan fingerprint density at radius 1 is 1.08 bits per heavy atom. The Labute approximate surface area is 218 Å². The molecule has 1 saturated heterocycles. The third-order valence-electron chi connectivity index (χ3n) is 7.53. The summed E-state index contributed by atoms with van der Waals surface area (Å²) in [7, 11) is -1.66. The maximum Gasteiger partial charge on any atom is 0.475 e. The van der Waals surface area contributed by atoms with Gasteiger partial charge in [-0.25, -0.2) is 0 Å². The lowest BCUT2D eigenvalue weighted by Crippen LogP contribution is -2.50. The number of aromatic hydroxyl groups is 1. The van der Waals surface area contributed by atoms with Gasteiger partial charge < -0.3 is 25.2 Å². The van der Waals surface area contributed by atoms with Crippen molar-refractivity contribution < 1.29 is 29.5 Å². The first kappa shape index (κ1) is 27.3. The molecule has 2 atom stereocenters. The lowest BCUT2D eigenvalue weighted by Gasteiger charge is -2.30. The van der Waals surface area contributed by atoms with E-state index in [4.69, 9.17) is 4.74 Å². The molecule has 1 heterocycles. The molecule has 2 aromatic carbocycles. The number of rotatable bonds is 12. The van der Waals surface area contributed by atoms with E-state index >= 15 is 0 Å². The summed E-state index contributed by atoms with van der Waals surface area (Å²) in [5.41, 5.74) is 2.04. The minimum absolute atomic E-state index is 0.0276. The van der Waals surface area contributed by atoms with Crippen LogP contribution in [0.15, 0.2) is 48.5 Å². The van der Waals surface area contributed by atoms with Crippen LogP contribution < -0.4 is 5.32 Å². The number of ketones is 1.